The molecular formula is C21H25N5O3. The summed E-state index contributed by atoms with van der Waals surface area (Å²) in [6, 6.07) is 14.4. The minimum absolute atomic E-state index is 0.0896. The van der Waals surface area contributed by atoms with Gasteiger partial charge in [-0.25, -0.2) is 4.79 Å². The number of nitrogens with zero attached hydrogens (tertiary/aromatic N) is 3. The predicted octanol–water partition coefficient (Wildman–Crippen LogP) is 2.34. The average molecular weight is 395 g/mol. The SMILES string of the molecule is CC(C)[C@H](NC(=O)OCc1ccccc1)C(=O)NCCc1nnc2ccccn12. The normalized spacial score (nSPS) is 12.0. The van der Waals surface area contributed by atoms with Gasteiger partial charge in [0, 0.05) is 19.2 Å². The first-order valence-electron chi connectivity index (χ1n) is 9.58. The number of benzene rings is 1. The second kappa shape index (κ2) is 9.68. The fourth-order valence-corrected chi connectivity index (χ4v) is 2.90. The minimum Gasteiger partial charge on any atom is -0.445 e. The number of alkyl carbamates (subject to hydrolysis) is 1. The van der Waals surface area contributed by atoms with Gasteiger partial charge in [0.2, 0.25) is 5.91 Å². The second-order valence-electron chi connectivity index (χ2n) is 7.01. The molecule has 0 fully saturated rings. The number of pyridine rings is 1. The van der Waals surface area contributed by atoms with Gasteiger partial charge in [0.1, 0.15) is 18.5 Å². The molecule has 0 saturated carbocycles. The highest BCUT2D eigenvalue weighted by Crippen LogP contribution is 2.06. The number of nitrogens with one attached hydrogen (secondary N) is 2. The number of aromatic nitrogens is 3. The number of ether oxygens (including phenoxy) is 1. The molecule has 8 heteroatoms. The van der Waals surface area contributed by atoms with Crippen molar-refractivity contribution in [3.05, 3.63) is 66.1 Å². The lowest BCUT2D eigenvalue weighted by molar-refractivity contribution is -0.124. The van der Waals surface area contributed by atoms with Gasteiger partial charge in [0.25, 0.3) is 0 Å². The van der Waals surface area contributed by atoms with Crippen LogP contribution in [-0.4, -0.2) is 39.2 Å². The van der Waals surface area contributed by atoms with Crippen LogP contribution in [0.3, 0.4) is 0 Å². The molecule has 152 valence electrons. The Hall–Kier alpha value is -3.42. The molecule has 2 aromatic heterocycles. The number of hydrogen-bond acceptors (Lipinski definition) is 5. The molecule has 0 bridgehead atoms. The largest absolute Gasteiger partial charge is 0.445 e. The van der Waals surface area contributed by atoms with E-state index in [2.05, 4.69) is 20.8 Å². The van der Waals surface area contributed by atoms with E-state index in [4.69, 9.17) is 4.74 Å². The van der Waals surface area contributed by atoms with Crippen molar-refractivity contribution in [2.45, 2.75) is 32.9 Å². The standard InChI is InChI=1S/C21H25N5O3/c1-15(2)19(23-21(28)29-14-16-8-4-3-5-9-16)20(27)22-12-11-18-25-24-17-10-6-7-13-26(17)18/h3-10,13,15,19H,11-12,14H2,1-2H3,(H,22,27)(H,23,28)/t19-/m0/s1. The Morgan fingerprint density at radius 2 is 1.83 bits per heavy atom. The number of carbonyl (C=O) groups is 2. The molecule has 0 saturated heterocycles. The average Bonchev–Trinajstić information content (AvgIpc) is 3.14. The molecule has 2 amide bonds. The zero-order valence-electron chi connectivity index (χ0n) is 16.5. The Labute approximate surface area is 169 Å². The Bertz CT molecular complexity index is 955. The van der Waals surface area contributed by atoms with Crippen LogP contribution in [0.15, 0.2) is 54.7 Å². The maximum atomic E-state index is 12.6. The smallest absolute Gasteiger partial charge is 0.408 e. The van der Waals surface area contributed by atoms with E-state index >= 15 is 0 Å². The number of carbonyl (C=O) groups excluding carboxylic acids is 2. The highest BCUT2D eigenvalue weighted by molar-refractivity contribution is 5.85. The van der Waals surface area contributed by atoms with Gasteiger partial charge in [0.05, 0.1) is 0 Å². The van der Waals surface area contributed by atoms with Gasteiger partial charge < -0.3 is 15.4 Å². The number of rotatable bonds is 8. The molecule has 0 aliphatic rings. The fraction of sp³-hybridized carbons (Fsp3) is 0.333. The Morgan fingerprint density at radius 1 is 1.07 bits per heavy atom. The van der Waals surface area contributed by atoms with Gasteiger partial charge in [-0.1, -0.05) is 50.2 Å². The molecule has 1 atom stereocenters. The van der Waals surface area contributed by atoms with E-state index in [9.17, 15) is 9.59 Å². The third-order valence-electron chi connectivity index (χ3n) is 4.47. The monoisotopic (exact) mass is 395 g/mol. The van der Waals surface area contributed by atoms with Crippen LogP contribution < -0.4 is 10.6 Å². The lowest BCUT2D eigenvalue weighted by Gasteiger charge is -2.21. The summed E-state index contributed by atoms with van der Waals surface area (Å²) in [5.41, 5.74) is 1.64. The van der Waals surface area contributed by atoms with Crippen LogP contribution in [0.4, 0.5) is 4.79 Å². The summed E-state index contributed by atoms with van der Waals surface area (Å²) in [6.45, 7) is 4.28. The van der Waals surface area contributed by atoms with E-state index in [1.165, 1.54) is 0 Å². The molecule has 3 rings (SSSR count). The molecule has 2 N–H and O–H groups in total. The lowest BCUT2D eigenvalue weighted by atomic mass is 10.0. The van der Waals surface area contributed by atoms with Crippen LogP contribution in [0.2, 0.25) is 0 Å². The van der Waals surface area contributed by atoms with Crippen LogP contribution in [0.5, 0.6) is 0 Å². The molecule has 1 aromatic carbocycles. The van der Waals surface area contributed by atoms with Crippen LogP contribution >= 0.6 is 0 Å². The van der Waals surface area contributed by atoms with Crippen molar-refractivity contribution in [3.8, 4) is 0 Å². The predicted molar refractivity (Wildman–Crippen MR) is 108 cm³/mol. The van der Waals surface area contributed by atoms with Gasteiger partial charge in [-0.05, 0) is 23.6 Å². The minimum atomic E-state index is -0.687. The first-order valence-corrected chi connectivity index (χ1v) is 9.58. The molecule has 29 heavy (non-hydrogen) atoms. The number of fused-ring (bicyclic) bond motifs is 1. The van der Waals surface area contributed by atoms with E-state index in [1.807, 2.05) is 73.0 Å². The van der Waals surface area contributed by atoms with E-state index in [0.717, 1.165) is 17.0 Å². The van der Waals surface area contributed by atoms with Gasteiger partial charge >= 0.3 is 6.09 Å². The Morgan fingerprint density at radius 3 is 2.59 bits per heavy atom. The van der Waals surface area contributed by atoms with Gasteiger partial charge in [0.15, 0.2) is 5.65 Å². The molecular weight excluding hydrogens is 370 g/mol. The molecule has 0 aliphatic heterocycles. The molecule has 2 heterocycles. The third-order valence-corrected chi connectivity index (χ3v) is 4.47. The first kappa shape index (κ1) is 20.3. The summed E-state index contributed by atoms with van der Waals surface area (Å²) in [5, 5.41) is 13.7. The molecule has 0 aliphatic carbocycles. The van der Waals surface area contributed by atoms with E-state index in [-0.39, 0.29) is 18.4 Å². The van der Waals surface area contributed by atoms with Crippen LogP contribution in [0.25, 0.3) is 5.65 Å². The highest BCUT2D eigenvalue weighted by Gasteiger charge is 2.24. The summed E-state index contributed by atoms with van der Waals surface area (Å²) in [6.07, 6.45) is 1.79. The Kier molecular flexibility index (Phi) is 6.78. The van der Waals surface area contributed by atoms with Crippen molar-refractivity contribution < 1.29 is 14.3 Å². The van der Waals surface area contributed by atoms with Gasteiger partial charge in [-0.15, -0.1) is 10.2 Å². The van der Waals surface area contributed by atoms with Crippen molar-refractivity contribution in [1.82, 2.24) is 25.2 Å². The third kappa shape index (κ3) is 5.54. The summed E-state index contributed by atoms with van der Waals surface area (Å²) in [4.78, 5) is 24.7. The second-order valence-corrected chi connectivity index (χ2v) is 7.01. The van der Waals surface area contributed by atoms with Crippen LogP contribution in [-0.2, 0) is 22.6 Å². The number of hydrogen-bond donors (Lipinski definition) is 2. The molecule has 8 nitrogen and oxygen atoms in total. The zero-order valence-corrected chi connectivity index (χ0v) is 16.5. The molecule has 3 aromatic rings. The summed E-state index contributed by atoms with van der Waals surface area (Å²) in [7, 11) is 0. The van der Waals surface area contributed by atoms with Crippen molar-refractivity contribution in [1.29, 1.82) is 0 Å². The van der Waals surface area contributed by atoms with Crippen molar-refractivity contribution in [2.75, 3.05) is 6.54 Å². The summed E-state index contributed by atoms with van der Waals surface area (Å²) >= 11 is 0. The van der Waals surface area contributed by atoms with Crippen molar-refractivity contribution in [3.63, 3.8) is 0 Å². The molecule has 0 radical (unpaired) electrons. The maximum Gasteiger partial charge on any atom is 0.408 e. The van der Waals surface area contributed by atoms with Gasteiger partial charge in [-0.3, -0.25) is 9.20 Å². The first-order chi connectivity index (χ1) is 14.0. The summed E-state index contributed by atoms with van der Waals surface area (Å²) < 4.78 is 7.10. The molecule has 0 unspecified atom stereocenters. The van der Waals surface area contributed by atoms with Crippen molar-refractivity contribution in [2.24, 2.45) is 5.92 Å². The quantitative estimate of drug-likeness (QED) is 0.610. The highest BCUT2D eigenvalue weighted by atomic mass is 16.5. The number of amides is 2. The van der Waals surface area contributed by atoms with E-state index < -0.39 is 12.1 Å². The molecule has 0 spiro atoms. The lowest BCUT2D eigenvalue weighted by Crippen LogP contribution is -2.50. The van der Waals surface area contributed by atoms with Crippen LogP contribution in [0.1, 0.15) is 25.2 Å². The summed E-state index contributed by atoms with van der Waals surface area (Å²) in [5.74, 6) is 0.413. The van der Waals surface area contributed by atoms with E-state index in [0.29, 0.717) is 13.0 Å². The van der Waals surface area contributed by atoms with Gasteiger partial charge in [-0.2, -0.15) is 0 Å². The van der Waals surface area contributed by atoms with Crippen molar-refractivity contribution >= 4 is 17.6 Å². The zero-order chi connectivity index (χ0) is 20.6. The van der Waals surface area contributed by atoms with Crippen LogP contribution in [0, 0.1) is 5.92 Å². The fourth-order valence-electron chi connectivity index (χ4n) is 2.90. The Balaban J connectivity index is 1.49. The topological polar surface area (TPSA) is 97.6 Å². The maximum absolute atomic E-state index is 12.6. The van der Waals surface area contributed by atoms with E-state index in [1.54, 1.807) is 0 Å².